The smallest absolute Gasteiger partial charge is 0.330 e. The Labute approximate surface area is 81.1 Å². The molecular formula is C10H21NO2. The fourth-order valence-corrected chi connectivity index (χ4v) is 0.375. The molecule has 0 rings (SSSR count). The van der Waals surface area contributed by atoms with E-state index in [1.807, 2.05) is 0 Å². The first-order valence-corrected chi connectivity index (χ1v) is 4.59. The van der Waals surface area contributed by atoms with Crippen molar-refractivity contribution >= 4 is 5.97 Å². The first kappa shape index (κ1) is 14.7. The molecule has 0 atom stereocenters. The summed E-state index contributed by atoms with van der Waals surface area (Å²) in [6, 6.07) is 0. The third-order valence-corrected chi connectivity index (χ3v) is 1.81. The highest BCUT2D eigenvalue weighted by atomic mass is 16.4. The lowest BCUT2D eigenvalue weighted by molar-refractivity contribution is -0.132. The summed E-state index contributed by atoms with van der Waals surface area (Å²) in [6.07, 6.45) is 0.523. The van der Waals surface area contributed by atoms with Gasteiger partial charge in [-0.2, -0.15) is 0 Å². The van der Waals surface area contributed by atoms with Crippen molar-refractivity contribution in [3.63, 3.8) is 0 Å². The lowest BCUT2D eigenvalue weighted by atomic mass is 10.2. The van der Waals surface area contributed by atoms with Crippen LogP contribution < -0.4 is 0 Å². The van der Waals surface area contributed by atoms with Gasteiger partial charge < -0.3 is 10.0 Å². The zero-order chi connectivity index (χ0) is 10.9. The Bertz CT molecular complexity index is 151. The predicted molar refractivity (Wildman–Crippen MR) is 55.9 cm³/mol. The highest BCUT2D eigenvalue weighted by molar-refractivity contribution is 5.85. The molecule has 0 aromatic heterocycles. The van der Waals surface area contributed by atoms with Gasteiger partial charge in [0.25, 0.3) is 0 Å². The lowest BCUT2D eigenvalue weighted by Crippen LogP contribution is -2.15. The van der Waals surface area contributed by atoms with Crippen LogP contribution in [0.2, 0.25) is 0 Å². The molecule has 0 amide bonds. The van der Waals surface area contributed by atoms with Gasteiger partial charge in [-0.25, -0.2) is 4.79 Å². The molecule has 0 bridgehead atoms. The second-order valence-electron chi connectivity index (χ2n) is 2.75. The van der Waals surface area contributed by atoms with E-state index in [2.05, 4.69) is 32.4 Å². The highest BCUT2D eigenvalue weighted by Gasteiger charge is 1.96. The SMILES string of the molecule is C=C(CC)C(=O)O.CCN(C)CC. The number of carboxylic acid groups (broad SMARTS) is 1. The molecule has 0 radical (unpaired) electrons. The van der Waals surface area contributed by atoms with Crippen molar-refractivity contribution in [3.8, 4) is 0 Å². The minimum Gasteiger partial charge on any atom is -0.478 e. The average molecular weight is 187 g/mol. The minimum absolute atomic E-state index is 0.264. The van der Waals surface area contributed by atoms with E-state index >= 15 is 0 Å². The van der Waals surface area contributed by atoms with Gasteiger partial charge in [-0.05, 0) is 26.6 Å². The van der Waals surface area contributed by atoms with Crippen LogP contribution in [0.4, 0.5) is 0 Å². The van der Waals surface area contributed by atoms with Crippen LogP contribution in [0.25, 0.3) is 0 Å². The predicted octanol–water partition coefficient (Wildman–Crippen LogP) is 2.00. The molecule has 3 heteroatoms. The molecule has 1 N–H and O–H groups in total. The Morgan fingerprint density at radius 2 is 1.69 bits per heavy atom. The molecule has 78 valence electrons. The third kappa shape index (κ3) is 11.2. The van der Waals surface area contributed by atoms with Crippen LogP contribution >= 0.6 is 0 Å². The number of nitrogens with zero attached hydrogens (tertiary/aromatic N) is 1. The van der Waals surface area contributed by atoms with Gasteiger partial charge in [0, 0.05) is 5.57 Å². The van der Waals surface area contributed by atoms with Crippen molar-refractivity contribution in [2.45, 2.75) is 27.2 Å². The molecule has 0 fully saturated rings. The van der Waals surface area contributed by atoms with Crippen molar-refractivity contribution in [1.29, 1.82) is 0 Å². The van der Waals surface area contributed by atoms with Crippen molar-refractivity contribution < 1.29 is 9.90 Å². The van der Waals surface area contributed by atoms with E-state index in [0.29, 0.717) is 6.42 Å². The van der Waals surface area contributed by atoms with Crippen LogP contribution in [0.5, 0.6) is 0 Å². The summed E-state index contributed by atoms with van der Waals surface area (Å²) in [5.74, 6) is -0.900. The summed E-state index contributed by atoms with van der Waals surface area (Å²) < 4.78 is 0. The first-order valence-electron chi connectivity index (χ1n) is 4.59. The van der Waals surface area contributed by atoms with E-state index in [0.717, 1.165) is 13.1 Å². The van der Waals surface area contributed by atoms with Gasteiger partial charge in [-0.15, -0.1) is 0 Å². The Morgan fingerprint density at radius 1 is 1.31 bits per heavy atom. The second-order valence-corrected chi connectivity index (χ2v) is 2.75. The lowest BCUT2D eigenvalue weighted by Gasteiger charge is -2.07. The van der Waals surface area contributed by atoms with E-state index in [1.165, 1.54) is 0 Å². The van der Waals surface area contributed by atoms with Gasteiger partial charge in [-0.1, -0.05) is 27.4 Å². The summed E-state index contributed by atoms with van der Waals surface area (Å²) in [7, 11) is 2.11. The fraction of sp³-hybridized carbons (Fsp3) is 0.700. The van der Waals surface area contributed by atoms with E-state index < -0.39 is 5.97 Å². The quantitative estimate of drug-likeness (QED) is 0.684. The third-order valence-electron chi connectivity index (χ3n) is 1.81. The van der Waals surface area contributed by atoms with Crippen molar-refractivity contribution in [2.24, 2.45) is 0 Å². The normalized spacial score (nSPS) is 9.00. The zero-order valence-electron chi connectivity index (χ0n) is 9.13. The molecule has 0 aliphatic heterocycles. The monoisotopic (exact) mass is 187 g/mol. The molecular weight excluding hydrogens is 166 g/mol. The molecule has 3 nitrogen and oxygen atoms in total. The molecule has 0 saturated heterocycles. The van der Waals surface area contributed by atoms with E-state index in [4.69, 9.17) is 5.11 Å². The maximum atomic E-state index is 9.83. The second kappa shape index (κ2) is 9.26. The van der Waals surface area contributed by atoms with Crippen LogP contribution in [0, 0.1) is 0 Å². The number of carboxylic acids is 1. The maximum absolute atomic E-state index is 9.83. The largest absolute Gasteiger partial charge is 0.478 e. The van der Waals surface area contributed by atoms with E-state index in [1.54, 1.807) is 6.92 Å². The van der Waals surface area contributed by atoms with Crippen LogP contribution in [0.3, 0.4) is 0 Å². The van der Waals surface area contributed by atoms with Gasteiger partial charge in [0.05, 0.1) is 0 Å². The average Bonchev–Trinajstić information content (AvgIpc) is 2.16. The minimum atomic E-state index is -0.900. The highest BCUT2D eigenvalue weighted by Crippen LogP contribution is 1.93. The molecule has 0 unspecified atom stereocenters. The van der Waals surface area contributed by atoms with Crippen molar-refractivity contribution in [3.05, 3.63) is 12.2 Å². The van der Waals surface area contributed by atoms with Crippen LogP contribution in [-0.2, 0) is 4.79 Å². The molecule has 0 spiro atoms. The van der Waals surface area contributed by atoms with Crippen LogP contribution in [0.15, 0.2) is 12.2 Å². The molecule has 0 aliphatic carbocycles. The number of hydrogen-bond donors (Lipinski definition) is 1. The number of rotatable bonds is 4. The summed E-state index contributed by atoms with van der Waals surface area (Å²) in [4.78, 5) is 12.1. The topological polar surface area (TPSA) is 40.5 Å². The maximum Gasteiger partial charge on any atom is 0.330 e. The zero-order valence-corrected chi connectivity index (χ0v) is 9.13. The molecule has 0 saturated carbocycles. The summed E-state index contributed by atoms with van der Waals surface area (Å²) >= 11 is 0. The van der Waals surface area contributed by atoms with Crippen LogP contribution in [0.1, 0.15) is 27.2 Å². The number of aliphatic carboxylic acids is 1. The molecule has 13 heavy (non-hydrogen) atoms. The van der Waals surface area contributed by atoms with Gasteiger partial charge >= 0.3 is 5.97 Å². The Balaban J connectivity index is 0. The van der Waals surface area contributed by atoms with Gasteiger partial charge in [0.1, 0.15) is 0 Å². The first-order chi connectivity index (χ1) is 5.99. The van der Waals surface area contributed by atoms with Gasteiger partial charge in [-0.3, -0.25) is 0 Å². The van der Waals surface area contributed by atoms with Gasteiger partial charge in [0.15, 0.2) is 0 Å². The fourth-order valence-electron chi connectivity index (χ4n) is 0.375. The molecule has 0 aromatic carbocycles. The van der Waals surface area contributed by atoms with E-state index in [9.17, 15) is 4.79 Å². The Kier molecular flexibility index (Phi) is 10.5. The number of carbonyl (C=O) groups is 1. The van der Waals surface area contributed by atoms with Crippen LogP contribution in [-0.4, -0.2) is 36.1 Å². The van der Waals surface area contributed by atoms with Gasteiger partial charge in [0.2, 0.25) is 0 Å². The van der Waals surface area contributed by atoms with Crippen molar-refractivity contribution in [2.75, 3.05) is 20.1 Å². The summed E-state index contributed by atoms with van der Waals surface area (Å²) in [6.45, 7) is 11.7. The summed E-state index contributed by atoms with van der Waals surface area (Å²) in [5, 5.41) is 8.08. The Hall–Kier alpha value is -0.830. The number of hydrogen-bond acceptors (Lipinski definition) is 2. The standard InChI is InChI=1S/C5H13N.C5H8O2/c1-4-6(3)5-2;1-3-4(2)5(6)7/h4-5H2,1-3H3;2-3H2,1H3,(H,6,7). The molecule has 0 aliphatic rings. The molecule has 0 aromatic rings. The van der Waals surface area contributed by atoms with Crippen molar-refractivity contribution in [1.82, 2.24) is 4.90 Å². The van der Waals surface area contributed by atoms with E-state index in [-0.39, 0.29) is 5.57 Å². The summed E-state index contributed by atoms with van der Waals surface area (Å²) in [5.41, 5.74) is 0.264. The molecule has 0 heterocycles. The Morgan fingerprint density at radius 3 is 1.69 bits per heavy atom.